The molecule has 0 aliphatic rings. The van der Waals surface area contributed by atoms with Gasteiger partial charge in [0.15, 0.2) is 0 Å². The van der Waals surface area contributed by atoms with Gasteiger partial charge in [-0.15, -0.1) is 0 Å². The molecule has 0 heterocycles. The molecule has 2 N–H and O–H groups in total. The van der Waals surface area contributed by atoms with Crippen molar-refractivity contribution in [2.75, 3.05) is 0 Å². The molecule has 1 rings (SSSR count). The Morgan fingerprint density at radius 3 is 2.31 bits per heavy atom. The van der Waals surface area contributed by atoms with Crippen LogP contribution in [-0.4, -0.2) is 22.0 Å². The van der Waals surface area contributed by atoms with Crippen molar-refractivity contribution in [2.45, 2.75) is 25.7 Å². The zero-order chi connectivity index (χ0) is 11.8. The number of hydrogen-bond acceptors (Lipinski definition) is 3. The molecule has 16 heavy (non-hydrogen) atoms. The summed E-state index contributed by atoms with van der Waals surface area (Å²) in [7, 11) is 0. The van der Waals surface area contributed by atoms with Crippen LogP contribution in [0, 0.1) is 0 Å². The molecule has 0 spiro atoms. The van der Waals surface area contributed by atoms with E-state index in [1.807, 2.05) is 30.3 Å². The topological polar surface area (TPSA) is 69.9 Å². The van der Waals surface area contributed by atoms with Gasteiger partial charge in [-0.05, 0) is 24.8 Å². The van der Waals surface area contributed by atoms with E-state index in [0.717, 1.165) is 5.56 Å². The van der Waals surface area contributed by atoms with Crippen LogP contribution in [0.15, 0.2) is 35.5 Å². The van der Waals surface area contributed by atoms with Gasteiger partial charge in [-0.3, -0.25) is 4.79 Å². The fraction of sp³-hybridized carbons (Fsp3) is 0.333. The van der Waals surface area contributed by atoms with Gasteiger partial charge in [-0.1, -0.05) is 35.5 Å². The van der Waals surface area contributed by atoms with E-state index in [-0.39, 0.29) is 6.42 Å². The Morgan fingerprint density at radius 1 is 1.12 bits per heavy atom. The van der Waals surface area contributed by atoms with Crippen molar-refractivity contribution in [3.63, 3.8) is 0 Å². The van der Waals surface area contributed by atoms with Crippen molar-refractivity contribution in [1.29, 1.82) is 0 Å². The normalized spacial score (nSPS) is 11.4. The molecular weight excluding hydrogens is 206 g/mol. The van der Waals surface area contributed by atoms with Gasteiger partial charge in [0.1, 0.15) is 0 Å². The molecule has 86 valence electrons. The second-order valence-electron chi connectivity index (χ2n) is 3.51. The van der Waals surface area contributed by atoms with E-state index in [1.165, 1.54) is 0 Å². The molecule has 0 saturated heterocycles. The molecule has 0 unspecified atom stereocenters. The maximum Gasteiger partial charge on any atom is 0.303 e. The molecule has 4 nitrogen and oxygen atoms in total. The third-order valence-corrected chi connectivity index (χ3v) is 2.28. The summed E-state index contributed by atoms with van der Waals surface area (Å²) in [6, 6.07) is 9.37. The Labute approximate surface area is 94.2 Å². The van der Waals surface area contributed by atoms with E-state index in [2.05, 4.69) is 5.16 Å². The van der Waals surface area contributed by atoms with Crippen molar-refractivity contribution in [2.24, 2.45) is 5.16 Å². The van der Waals surface area contributed by atoms with E-state index in [9.17, 15) is 4.79 Å². The van der Waals surface area contributed by atoms with E-state index in [4.69, 9.17) is 10.3 Å². The summed E-state index contributed by atoms with van der Waals surface area (Å²) in [4.78, 5) is 10.3. The van der Waals surface area contributed by atoms with Gasteiger partial charge in [0.2, 0.25) is 0 Å². The van der Waals surface area contributed by atoms with Gasteiger partial charge < -0.3 is 10.3 Å². The lowest BCUT2D eigenvalue weighted by Gasteiger charge is -2.03. The van der Waals surface area contributed by atoms with Gasteiger partial charge in [0.25, 0.3) is 0 Å². The minimum absolute atomic E-state index is 0.160. The average Bonchev–Trinajstić information content (AvgIpc) is 2.30. The van der Waals surface area contributed by atoms with Gasteiger partial charge in [-0.25, -0.2) is 0 Å². The summed E-state index contributed by atoms with van der Waals surface area (Å²) in [5.41, 5.74) is 1.48. The Morgan fingerprint density at radius 2 is 1.75 bits per heavy atom. The smallest absolute Gasteiger partial charge is 0.303 e. The Kier molecular flexibility index (Phi) is 5.05. The molecule has 0 amide bonds. The molecular formula is C12H15NO3. The first-order chi connectivity index (χ1) is 7.74. The van der Waals surface area contributed by atoms with E-state index < -0.39 is 5.97 Å². The highest BCUT2D eigenvalue weighted by Crippen LogP contribution is 2.09. The quantitative estimate of drug-likeness (QED) is 0.335. The number of nitrogens with zero attached hydrogens (tertiary/aromatic N) is 1. The number of hydrogen-bond donors (Lipinski definition) is 2. The summed E-state index contributed by atoms with van der Waals surface area (Å²) in [6.07, 6.45) is 2.06. The van der Waals surface area contributed by atoms with E-state index in [0.29, 0.717) is 25.0 Å². The highest BCUT2D eigenvalue weighted by atomic mass is 16.4. The molecule has 0 radical (unpaired) electrons. The van der Waals surface area contributed by atoms with Crippen molar-refractivity contribution >= 4 is 11.7 Å². The van der Waals surface area contributed by atoms with E-state index >= 15 is 0 Å². The fourth-order valence-corrected chi connectivity index (χ4v) is 1.45. The molecule has 0 aromatic heterocycles. The molecule has 0 aliphatic carbocycles. The maximum atomic E-state index is 10.3. The number of carbonyl (C=O) groups is 1. The number of unbranched alkanes of at least 4 members (excludes halogenated alkanes) is 1. The van der Waals surface area contributed by atoms with E-state index in [1.54, 1.807) is 0 Å². The minimum atomic E-state index is -0.790. The fourth-order valence-electron chi connectivity index (χ4n) is 1.45. The molecule has 1 aromatic carbocycles. The Balaban J connectivity index is 2.43. The average molecular weight is 221 g/mol. The number of rotatable bonds is 6. The standard InChI is InChI=1S/C12H15NO3/c14-12(15)9-5-4-8-11(13-16)10-6-2-1-3-7-10/h1-3,6-7,16H,4-5,8-9H2,(H,14,15)/b13-11-. The SMILES string of the molecule is O=C(O)CCCC/C(=N/O)c1ccccc1. The summed E-state index contributed by atoms with van der Waals surface area (Å²) in [5, 5.41) is 20.6. The number of benzene rings is 1. The zero-order valence-corrected chi connectivity index (χ0v) is 8.97. The molecule has 0 saturated carbocycles. The van der Waals surface area contributed by atoms with Crippen LogP contribution in [0.25, 0.3) is 0 Å². The number of aliphatic carboxylic acids is 1. The number of carboxylic acid groups (broad SMARTS) is 1. The van der Waals surface area contributed by atoms with Crippen LogP contribution in [0.3, 0.4) is 0 Å². The summed E-state index contributed by atoms with van der Waals surface area (Å²) < 4.78 is 0. The largest absolute Gasteiger partial charge is 0.481 e. The highest BCUT2D eigenvalue weighted by Gasteiger charge is 2.04. The molecule has 4 heteroatoms. The van der Waals surface area contributed by atoms with Crippen molar-refractivity contribution in [1.82, 2.24) is 0 Å². The predicted octanol–water partition coefficient (Wildman–Crippen LogP) is 2.51. The lowest BCUT2D eigenvalue weighted by atomic mass is 10.0. The highest BCUT2D eigenvalue weighted by molar-refractivity contribution is 6.00. The van der Waals surface area contributed by atoms with Gasteiger partial charge >= 0.3 is 5.97 Å². The van der Waals surface area contributed by atoms with Crippen LogP contribution in [0.2, 0.25) is 0 Å². The maximum absolute atomic E-state index is 10.3. The Bertz CT molecular complexity index is 360. The van der Waals surface area contributed by atoms with Crippen LogP contribution >= 0.6 is 0 Å². The summed E-state index contributed by atoms with van der Waals surface area (Å²) >= 11 is 0. The molecule has 1 aromatic rings. The first kappa shape index (κ1) is 12.2. The van der Waals surface area contributed by atoms with Gasteiger partial charge in [0.05, 0.1) is 5.71 Å². The zero-order valence-electron chi connectivity index (χ0n) is 8.97. The summed E-state index contributed by atoms with van der Waals surface area (Å²) in [5.74, 6) is -0.790. The van der Waals surface area contributed by atoms with Crippen molar-refractivity contribution in [3.8, 4) is 0 Å². The lowest BCUT2D eigenvalue weighted by Crippen LogP contribution is -2.02. The van der Waals surface area contributed by atoms with Gasteiger partial charge in [0, 0.05) is 6.42 Å². The molecule has 0 fully saturated rings. The van der Waals surface area contributed by atoms with Crippen LogP contribution in [0.1, 0.15) is 31.2 Å². The third kappa shape index (κ3) is 4.13. The van der Waals surface area contributed by atoms with Gasteiger partial charge in [-0.2, -0.15) is 0 Å². The van der Waals surface area contributed by atoms with Crippen LogP contribution in [0.4, 0.5) is 0 Å². The Hall–Kier alpha value is -1.84. The second kappa shape index (κ2) is 6.61. The van der Waals surface area contributed by atoms with Crippen molar-refractivity contribution < 1.29 is 15.1 Å². The number of oxime groups is 1. The first-order valence-electron chi connectivity index (χ1n) is 5.22. The minimum Gasteiger partial charge on any atom is -0.481 e. The predicted molar refractivity (Wildman–Crippen MR) is 60.9 cm³/mol. The third-order valence-electron chi connectivity index (χ3n) is 2.28. The van der Waals surface area contributed by atoms with Crippen molar-refractivity contribution in [3.05, 3.63) is 35.9 Å². The van der Waals surface area contributed by atoms with Crippen LogP contribution < -0.4 is 0 Å². The molecule has 0 bridgehead atoms. The van der Waals surface area contributed by atoms with Crippen LogP contribution in [0.5, 0.6) is 0 Å². The number of carboxylic acids is 1. The van der Waals surface area contributed by atoms with Crippen LogP contribution in [-0.2, 0) is 4.79 Å². The lowest BCUT2D eigenvalue weighted by molar-refractivity contribution is -0.137. The summed E-state index contributed by atoms with van der Waals surface area (Å²) in [6.45, 7) is 0. The monoisotopic (exact) mass is 221 g/mol. The molecule has 0 aliphatic heterocycles. The molecule has 0 atom stereocenters. The second-order valence-corrected chi connectivity index (χ2v) is 3.51. The first-order valence-corrected chi connectivity index (χ1v) is 5.22.